The van der Waals surface area contributed by atoms with Crippen LogP contribution in [0.5, 0.6) is 0 Å². The van der Waals surface area contributed by atoms with E-state index in [9.17, 15) is 4.79 Å². The van der Waals surface area contributed by atoms with Crippen molar-refractivity contribution in [3.05, 3.63) is 0 Å². The molecule has 1 N–H and O–H groups in total. The van der Waals surface area contributed by atoms with Gasteiger partial charge in [0.15, 0.2) is 0 Å². The number of carbonyl (C=O) groups excluding carboxylic acids is 1. The predicted molar refractivity (Wildman–Crippen MR) is 44.9 cm³/mol. The molecule has 1 rings (SSSR count). The first-order chi connectivity index (χ1) is 5.79. The SMILES string of the molecule is CC(=O)OCCC1CNCC[N]1. The fraction of sp³-hybridized carbons (Fsp3) is 0.875. The smallest absolute Gasteiger partial charge is 0.302 e. The van der Waals surface area contributed by atoms with E-state index in [2.05, 4.69) is 10.6 Å². The van der Waals surface area contributed by atoms with Gasteiger partial charge in [-0.05, 0) is 6.42 Å². The Hall–Kier alpha value is -0.610. The Morgan fingerprint density at radius 1 is 1.75 bits per heavy atom. The highest BCUT2D eigenvalue weighted by molar-refractivity contribution is 5.65. The maximum absolute atomic E-state index is 10.4. The number of nitrogens with one attached hydrogen (secondary N) is 1. The summed E-state index contributed by atoms with van der Waals surface area (Å²) < 4.78 is 4.82. The Morgan fingerprint density at radius 3 is 3.17 bits per heavy atom. The van der Waals surface area contributed by atoms with Crippen molar-refractivity contribution in [2.24, 2.45) is 0 Å². The zero-order valence-corrected chi connectivity index (χ0v) is 7.38. The first kappa shape index (κ1) is 9.48. The standard InChI is InChI=1S/C8H15N2O2/c1-7(11)12-5-2-8-6-9-3-4-10-8/h8-9H,2-6H2,1H3. The van der Waals surface area contributed by atoms with Gasteiger partial charge in [-0.2, -0.15) is 0 Å². The van der Waals surface area contributed by atoms with Crippen molar-refractivity contribution in [2.75, 3.05) is 26.2 Å². The molecule has 0 aliphatic carbocycles. The minimum Gasteiger partial charge on any atom is -0.466 e. The van der Waals surface area contributed by atoms with Gasteiger partial charge in [0.1, 0.15) is 0 Å². The molecule has 1 heterocycles. The van der Waals surface area contributed by atoms with E-state index in [1.54, 1.807) is 0 Å². The highest BCUT2D eigenvalue weighted by Gasteiger charge is 2.12. The number of nitrogens with zero attached hydrogens (tertiary/aromatic N) is 1. The molecule has 0 saturated carbocycles. The Labute approximate surface area is 72.7 Å². The van der Waals surface area contributed by atoms with Crippen molar-refractivity contribution in [3.8, 4) is 0 Å². The van der Waals surface area contributed by atoms with Crippen molar-refractivity contribution in [3.63, 3.8) is 0 Å². The van der Waals surface area contributed by atoms with E-state index in [-0.39, 0.29) is 5.97 Å². The maximum atomic E-state index is 10.4. The number of rotatable bonds is 3. The summed E-state index contributed by atoms with van der Waals surface area (Å²) in [5, 5.41) is 7.61. The van der Waals surface area contributed by atoms with Gasteiger partial charge in [0, 0.05) is 32.6 Å². The van der Waals surface area contributed by atoms with Crippen molar-refractivity contribution in [1.82, 2.24) is 10.6 Å². The van der Waals surface area contributed by atoms with Crippen LogP contribution in [0.15, 0.2) is 0 Å². The summed E-state index contributed by atoms with van der Waals surface area (Å²) in [5.41, 5.74) is 0. The van der Waals surface area contributed by atoms with E-state index < -0.39 is 0 Å². The molecule has 1 fully saturated rings. The first-order valence-electron chi connectivity index (χ1n) is 4.29. The quantitative estimate of drug-likeness (QED) is 0.583. The number of esters is 1. The summed E-state index contributed by atoms with van der Waals surface area (Å²) in [6.45, 7) is 4.69. The molecule has 4 heteroatoms. The van der Waals surface area contributed by atoms with Crippen molar-refractivity contribution in [2.45, 2.75) is 19.4 Å². The summed E-state index contributed by atoms with van der Waals surface area (Å²) >= 11 is 0. The maximum Gasteiger partial charge on any atom is 0.302 e. The van der Waals surface area contributed by atoms with Crippen LogP contribution in [-0.2, 0) is 9.53 Å². The average Bonchev–Trinajstić information content (AvgIpc) is 2.05. The molecule has 1 saturated heterocycles. The third-order valence-corrected chi connectivity index (χ3v) is 1.81. The molecule has 1 atom stereocenters. The molecule has 0 aromatic carbocycles. The third kappa shape index (κ3) is 3.69. The molecule has 1 aliphatic rings. The second-order valence-electron chi connectivity index (χ2n) is 2.89. The van der Waals surface area contributed by atoms with Crippen molar-refractivity contribution in [1.29, 1.82) is 0 Å². The molecule has 1 unspecified atom stereocenters. The zero-order chi connectivity index (χ0) is 8.81. The molecule has 0 amide bonds. The molecule has 1 aliphatic heterocycles. The first-order valence-corrected chi connectivity index (χ1v) is 4.29. The van der Waals surface area contributed by atoms with Crippen LogP contribution in [0.4, 0.5) is 0 Å². The molecule has 0 spiro atoms. The normalized spacial score (nSPS) is 23.6. The molecule has 0 aromatic heterocycles. The van der Waals surface area contributed by atoms with Crippen LogP contribution in [0.25, 0.3) is 0 Å². The van der Waals surface area contributed by atoms with Gasteiger partial charge in [0.2, 0.25) is 0 Å². The van der Waals surface area contributed by atoms with Crippen LogP contribution >= 0.6 is 0 Å². The second-order valence-corrected chi connectivity index (χ2v) is 2.89. The van der Waals surface area contributed by atoms with E-state index in [1.807, 2.05) is 0 Å². The van der Waals surface area contributed by atoms with Crippen molar-refractivity contribution >= 4 is 5.97 Å². The second kappa shape index (κ2) is 5.11. The lowest BCUT2D eigenvalue weighted by molar-refractivity contribution is -0.141. The van der Waals surface area contributed by atoms with E-state index in [0.29, 0.717) is 12.6 Å². The summed E-state index contributed by atoms with van der Waals surface area (Å²) in [5.74, 6) is -0.209. The summed E-state index contributed by atoms with van der Waals surface area (Å²) in [7, 11) is 0. The molecular weight excluding hydrogens is 156 g/mol. The molecule has 1 radical (unpaired) electrons. The fourth-order valence-corrected chi connectivity index (χ4v) is 1.19. The van der Waals surface area contributed by atoms with Gasteiger partial charge in [-0.25, -0.2) is 5.32 Å². The molecular formula is C8H15N2O2. The lowest BCUT2D eigenvalue weighted by Gasteiger charge is -2.22. The van der Waals surface area contributed by atoms with Gasteiger partial charge in [-0.3, -0.25) is 4.79 Å². The lowest BCUT2D eigenvalue weighted by atomic mass is 10.2. The number of piperazine rings is 1. The Kier molecular flexibility index (Phi) is 4.04. The summed E-state index contributed by atoms with van der Waals surface area (Å²) in [6.07, 6.45) is 0.840. The van der Waals surface area contributed by atoms with Crippen LogP contribution in [0.2, 0.25) is 0 Å². The van der Waals surface area contributed by atoms with Gasteiger partial charge in [-0.1, -0.05) is 0 Å². The third-order valence-electron chi connectivity index (χ3n) is 1.81. The van der Waals surface area contributed by atoms with Gasteiger partial charge in [-0.15, -0.1) is 0 Å². The van der Waals surface area contributed by atoms with Gasteiger partial charge in [0.25, 0.3) is 0 Å². The highest BCUT2D eigenvalue weighted by atomic mass is 16.5. The van der Waals surface area contributed by atoms with E-state index in [0.717, 1.165) is 26.1 Å². The van der Waals surface area contributed by atoms with Crippen LogP contribution < -0.4 is 10.6 Å². The molecule has 12 heavy (non-hydrogen) atoms. The van der Waals surface area contributed by atoms with Gasteiger partial charge in [0.05, 0.1) is 6.61 Å². The minimum absolute atomic E-state index is 0.209. The van der Waals surface area contributed by atoms with Gasteiger partial charge >= 0.3 is 5.97 Å². The number of ether oxygens (including phenoxy) is 1. The Bertz CT molecular complexity index is 144. The van der Waals surface area contributed by atoms with E-state index in [4.69, 9.17) is 4.74 Å². The minimum atomic E-state index is -0.209. The van der Waals surface area contributed by atoms with Crippen LogP contribution in [0.3, 0.4) is 0 Å². The molecule has 0 bridgehead atoms. The predicted octanol–water partition coefficient (Wildman–Crippen LogP) is -0.484. The van der Waals surface area contributed by atoms with E-state index >= 15 is 0 Å². The number of hydrogen-bond acceptors (Lipinski definition) is 3. The van der Waals surface area contributed by atoms with E-state index in [1.165, 1.54) is 6.92 Å². The molecule has 0 aromatic rings. The van der Waals surface area contributed by atoms with Crippen LogP contribution in [-0.4, -0.2) is 38.3 Å². The lowest BCUT2D eigenvalue weighted by Crippen LogP contribution is -2.44. The largest absolute Gasteiger partial charge is 0.466 e. The summed E-state index contributed by atoms with van der Waals surface area (Å²) in [4.78, 5) is 10.4. The molecule has 69 valence electrons. The zero-order valence-electron chi connectivity index (χ0n) is 7.38. The number of hydrogen-bond donors (Lipinski definition) is 1. The van der Waals surface area contributed by atoms with Crippen LogP contribution in [0, 0.1) is 0 Å². The highest BCUT2D eigenvalue weighted by Crippen LogP contribution is 1.96. The topological polar surface area (TPSA) is 52.4 Å². The van der Waals surface area contributed by atoms with Crippen LogP contribution in [0.1, 0.15) is 13.3 Å². The fourth-order valence-electron chi connectivity index (χ4n) is 1.19. The Morgan fingerprint density at radius 2 is 2.58 bits per heavy atom. The number of carbonyl (C=O) groups is 1. The monoisotopic (exact) mass is 171 g/mol. The molecule has 4 nitrogen and oxygen atoms in total. The average molecular weight is 171 g/mol. The Balaban J connectivity index is 2.01. The van der Waals surface area contributed by atoms with Gasteiger partial charge < -0.3 is 10.1 Å². The van der Waals surface area contributed by atoms with Crippen molar-refractivity contribution < 1.29 is 9.53 Å². The summed E-state index contributed by atoms with van der Waals surface area (Å²) in [6, 6.07) is 0.332.